The van der Waals surface area contributed by atoms with Gasteiger partial charge >= 0.3 is 5.97 Å². The number of ether oxygens (including phenoxy) is 2. The van der Waals surface area contributed by atoms with Crippen LogP contribution in [0.15, 0.2) is 54.6 Å². The summed E-state index contributed by atoms with van der Waals surface area (Å²) >= 11 is 6.10. The number of nitrogens with zero attached hydrogens (tertiary/aromatic N) is 2. The first-order valence-electron chi connectivity index (χ1n) is 8.81. The summed E-state index contributed by atoms with van der Waals surface area (Å²) in [5.41, 5.74) is 2.10. The van der Waals surface area contributed by atoms with Crippen LogP contribution in [0.1, 0.15) is 28.8 Å². The SMILES string of the molecule is CCOC(=O)c1ccc(Nc2cc(C)nc(COc3ccccc3Cl)n2)cc1. The van der Waals surface area contributed by atoms with Crippen molar-refractivity contribution in [2.24, 2.45) is 0 Å². The van der Waals surface area contributed by atoms with Crippen LogP contribution in [0.4, 0.5) is 11.5 Å². The first-order chi connectivity index (χ1) is 13.5. The van der Waals surface area contributed by atoms with Crippen LogP contribution >= 0.6 is 11.6 Å². The molecular formula is C21H20ClN3O3. The molecule has 0 bridgehead atoms. The van der Waals surface area contributed by atoms with Gasteiger partial charge in [0.25, 0.3) is 0 Å². The first-order valence-corrected chi connectivity index (χ1v) is 9.19. The van der Waals surface area contributed by atoms with E-state index in [0.717, 1.165) is 11.4 Å². The van der Waals surface area contributed by atoms with E-state index in [4.69, 9.17) is 21.1 Å². The van der Waals surface area contributed by atoms with Crippen molar-refractivity contribution in [1.29, 1.82) is 0 Å². The first kappa shape index (κ1) is 19.6. The lowest BCUT2D eigenvalue weighted by Gasteiger charge is -2.11. The maximum atomic E-state index is 11.7. The molecule has 1 heterocycles. The van der Waals surface area contributed by atoms with Gasteiger partial charge in [-0.1, -0.05) is 23.7 Å². The van der Waals surface area contributed by atoms with E-state index in [1.54, 1.807) is 43.3 Å². The number of hydrogen-bond donors (Lipinski definition) is 1. The molecule has 0 radical (unpaired) electrons. The molecule has 0 amide bonds. The summed E-state index contributed by atoms with van der Waals surface area (Å²) in [6.45, 7) is 4.20. The summed E-state index contributed by atoms with van der Waals surface area (Å²) < 4.78 is 10.7. The van der Waals surface area contributed by atoms with Gasteiger partial charge in [0, 0.05) is 17.4 Å². The van der Waals surface area contributed by atoms with Crippen LogP contribution in [0.2, 0.25) is 5.02 Å². The Hall–Kier alpha value is -3.12. The number of hydrogen-bond acceptors (Lipinski definition) is 6. The summed E-state index contributed by atoms with van der Waals surface area (Å²) in [5.74, 6) is 1.41. The molecule has 0 saturated carbocycles. The minimum atomic E-state index is -0.342. The third kappa shape index (κ3) is 5.20. The van der Waals surface area contributed by atoms with Gasteiger partial charge in [-0.3, -0.25) is 0 Å². The standard InChI is InChI=1S/C21H20ClN3O3/c1-3-27-21(26)15-8-10-16(11-9-15)24-19-12-14(2)23-20(25-19)13-28-18-7-5-4-6-17(18)22/h4-12H,3,13H2,1-2H3,(H,23,24,25). The summed E-state index contributed by atoms with van der Waals surface area (Å²) in [5, 5.41) is 3.75. The number of halogens is 1. The Morgan fingerprint density at radius 3 is 2.57 bits per heavy atom. The number of anilines is 2. The van der Waals surface area contributed by atoms with Crippen LogP contribution in [0.3, 0.4) is 0 Å². The summed E-state index contributed by atoms with van der Waals surface area (Å²) in [4.78, 5) is 20.6. The molecule has 144 valence electrons. The van der Waals surface area contributed by atoms with Gasteiger partial charge in [-0.25, -0.2) is 14.8 Å². The predicted octanol–water partition coefficient (Wildman–Crippen LogP) is 4.94. The second kappa shape index (κ2) is 9.19. The zero-order valence-electron chi connectivity index (χ0n) is 15.6. The molecule has 7 heteroatoms. The van der Waals surface area contributed by atoms with E-state index < -0.39 is 0 Å². The molecule has 0 fully saturated rings. The summed E-state index contributed by atoms with van der Waals surface area (Å²) in [6, 6.07) is 16.1. The van der Waals surface area contributed by atoms with Crippen molar-refractivity contribution in [3.8, 4) is 5.75 Å². The number of para-hydroxylation sites is 1. The van der Waals surface area contributed by atoms with Crippen molar-refractivity contribution in [2.45, 2.75) is 20.5 Å². The number of carbonyl (C=O) groups is 1. The fraction of sp³-hybridized carbons (Fsp3) is 0.190. The number of nitrogens with one attached hydrogen (secondary N) is 1. The molecule has 3 aromatic rings. The molecule has 0 aliphatic heterocycles. The van der Waals surface area contributed by atoms with E-state index >= 15 is 0 Å². The minimum Gasteiger partial charge on any atom is -0.484 e. The maximum absolute atomic E-state index is 11.7. The van der Waals surface area contributed by atoms with E-state index in [2.05, 4.69) is 15.3 Å². The molecule has 0 saturated heterocycles. The Balaban J connectivity index is 1.69. The quantitative estimate of drug-likeness (QED) is 0.569. The second-order valence-electron chi connectivity index (χ2n) is 5.95. The molecular weight excluding hydrogens is 378 g/mol. The molecule has 1 aromatic heterocycles. The van der Waals surface area contributed by atoms with E-state index in [9.17, 15) is 4.79 Å². The van der Waals surface area contributed by atoms with E-state index in [1.165, 1.54) is 0 Å². The van der Waals surface area contributed by atoms with Crippen molar-refractivity contribution in [3.63, 3.8) is 0 Å². The molecule has 0 atom stereocenters. The molecule has 0 aliphatic rings. The van der Waals surface area contributed by atoms with E-state index in [0.29, 0.717) is 34.6 Å². The lowest BCUT2D eigenvalue weighted by molar-refractivity contribution is 0.0526. The maximum Gasteiger partial charge on any atom is 0.338 e. The topological polar surface area (TPSA) is 73.3 Å². The monoisotopic (exact) mass is 397 g/mol. The molecule has 1 N–H and O–H groups in total. The average molecular weight is 398 g/mol. The molecule has 0 aliphatic carbocycles. The van der Waals surface area contributed by atoms with Crippen LogP contribution in [-0.4, -0.2) is 22.5 Å². The van der Waals surface area contributed by atoms with Gasteiger partial charge in [-0.05, 0) is 50.2 Å². The number of rotatable bonds is 7. The van der Waals surface area contributed by atoms with Gasteiger partial charge in [0.1, 0.15) is 18.2 Å². The smallest absolute Gasteiger partial charge is 0.338 e. The highest BCUT2D eigenvalue weighted by Crippen LogP contribution is 2.24. The van der Waals surface area contributed by atoms with Crippen LogP contribution in [0, 0.1) is 6.92 Å². The zero-order chi connectivity index (χ0) is 19.9. The highest BCUT2D eigenvalue weighted by atomic mass is 35.5. The lowest BCUT2D eigenvalue weighted by atomic mass is 10.2. The Bertz CT molecular complexity index is 961. The van der Waals surface area contributed by atoms with Gasteiger partial charge in [0.15, 0.2) is 5.82 Å². The normalized spacial score (nSPS) is 10.4. The second-order valence-corrected chi connectivity index (χ2v) is 6.36. The highest BCUT2D eigenvalue weighted by molar-refractivity contribution is 6.32. The average Bonchev–Trinajstić information content (AvgIpc) is 2.68. The zero-order valence-corrected chi connectivity index (χ0v) is 16.4. The van der Waals surface area contributed by atoms with Crippen molar-refractivity contribution < 1.29 is 14.3 Å². The number of aromatic nitrogens is 2. The Morgan fingerprint density at radius 1 is 1.11 bits per heavy atom. The minimum absolute atomic E-state index is 0.196. The molecule has 2 aromatic carbocycles. The number of esters is 1. The fourth-order valence-electron chi connectivity index (χ4n) is 2.51. The van der Waals surface area contributed by atoms with E-state index in [1.807, 2.05) is 25.1 Å². The number of carbonyl (C=O) groups excluding carboxylic acids is 1. The number of aryl methyl sites for hydroxylation is 1. The molecule has 3 rings (SSSR count). The fourth-order valence-corrected chi connectivity index (χ4v) is 2.70. The number of benzene rings is 2. The summed E-state index contributed by atoms with van der Waals surface area (Å²) in [7, 11) is 0. The van der Waals surface area contributed by atoms with Gasteiger partial charge in [0.2, 0.25) is 0 Å². The van der Waals surface area contributed by atoms with Gasteiger partial charge in [0.05, 0.1) is 17.2 Å². The third-order valence-corrected chi connectivity index (χ3v) is 4.07. The summed E-state index contributed by atoms with van der Waals surface area (Å²) in [6.07, 6.45) is 0. The van der Waals surface area contributed by atoms with Gasteiger partial charge < -0.3 is 14.8 Å². The van der Waals surface area contributed by atoms with Crippen LogP contribution in [0.25, 0.3) is 0 Å². The lowest BCUT2D eigenvalue weighted by Crippen LogP contribution is -2.06. The van der Waals surface area contributed by atoms with Gasteiger partial charge in [-0.15, -0.1) is 0 Å². The Labute approximate surface area is 168 Å². The highest BCUT2D eigenvalue weighted by Gasteiger charge is 2.08. The van der Waals surface area contributed by atoms with Crippen LogP contribution in [-0.2, 0) is 11.3 Å². The molecule has 6 nitrogen and oxygen atoms in total. The van der Waals surface area contributed by atoms with Crippen molar-refractivity contribution in [2.75, 3.05) is 11.9 Å². The largest absolute Gasteiger partial charge is 0.484 e. The van der Waals surface area contributed by atoms with Gasteiger partial charge in [-0.2, -0.15) is 0 Å². The van der Waals surface area contributed by atoms with Crippen molar-refractivity contribution >= 4 is 29.1 Å². The van der Waals surface area contributed by atoms with Crippen molar-refractivity contribution in [1.82, 2.24) is 9.97 Å². The molecule has 0 spiro atoms. The third-order valence-electron chi connectivity index (χ3n) is 3.76. The van der Waals surface area contributed by atoms with Crippen LogP contribution < -0.4 is 10.1 Å². The van der Waals surface area contributed by atoms with Crippen LogP contribution in [0.5, 0.6) is 5.75 Å². The van der Waals surface area contributed by atoms with E-state index in [-0.39, 0.29) is 12.6 Å². The molecule has 0 unspecified atom stereocenters. The molecule has 28 heavy (non-hydrogen) atoms. The Kier molecular flexibility index (Phi) is 6.45. The predicted molar refractivity (Wildman–Crippen MR) is 108 cm³/mol. The Morgan fingerprint density at radius 2 is 1.86 bits per heavy atom. The van der Waals surface area contributed by atoms with Crippen molar-refractivity contribution in [3.05, 3.63) is 76.7 Å².